The largest absolute Gasteiger partial charge is 0.409 e. The van der Waals surface area contributed by atoms with Gasteiger partial charge in [-0.1, -0.05) is 5.16 Å². The molecule has 6 nitrogen and oxygen atoms in total. The van der Waals surface area contributed by atoms with Crippen LogP contribution in [-0.2, 0) is 0 Å². The molecule has 1 unspecified atom stereocenters. The quantitative estimate of drug-likeness (QED) is 0.319. The second-order valence-electron chi connectivity index (χ2n) is 5.22. The Morgan fingerprint density at radius 1 is 1.42 bits per heavy atom. The molecule has 2 rings (SSSR count). The summed E-state index contributed by atoms with van der Waals surface area (Å²) in [6.07, 6.45) is 4.23. The summed E-state index contributed by atoms with van der Waals surface area (Å²) in [4.78, 5) is 6.37. The highest BCUT2D eigenvalue weighted by molar-refractivity contribution is 5.95. The summed E-state index contributed by atoms with van der Waals surface area (Å²) in [6, 6.07) is 3.63. The van der Waals surface area contributed by atoms with Crippen LogP contribution in [0.1, 0.15) is 31.9 Å². The van der Waals surface area contributed by atoms with Gasteiger partial charge in [0.05, 0.1) is 17.5 Å². The van der Waals surface area contributed by atoms with E-state index in [2.05, 4.69) is 15.0 Å². The van der Waals surface area contributed by atoms with E-state index < -0.39 is 5.60 Å². The Kier molecular flexibility index (Phi) is 3.90. The minimum Gasteiger partial charge on any atom is -0.409 e. The fraction of sp³-hybridized carbons (Fsp3) is 0.538. The Morgan fingerprint density at radius 2 is 2.21 bits per heavy atom. The molecule has 1 saturated heterocycles. The van der Waals surface area contributed by atoms with Crippen molar-refractivity contribution in [3.63, 3.8) is 0 Å². The molecule has 1 aliphatic heterocycles. The van der Waals surface area contributed by atoms with Crippen LogP contribution in [0.4, 0.5) is 5.69 Å². The number of nitrogens with two attached hydrogens (primary N) is 1. The Morgan fingerprint density at radius 3 is 2.84 bits per heavy atom. The van der Waals surface area contributed by atoms with Gasteiger partial charge in [0.2, 0.25) is 0 Å². The molecule has 0 aromatic carbocycles. The lowest BCUT2D eigenvalue weighted by Crippen LogP contribution is -2.28. The second kappa shape index (κ2) is 5.44. The fourth-order valence-electron chi connectivity index (χ4n) is 2.30. The highest BCUT2D eigenvalue weighted by atomic mass is 16.4. The zero-order valence-corrected chi connectivity index (χ0v) is 11.1. The number of amidine groups is 1. The maximum Gasteiger partial charge on any atom is 0.188 e. The lowest BCUT2D eigenvalue weighted by molar-refractivity contribution is 0.0481. The van der Waals surface area contributed by atoms with Crippen molar-refractivity contribution in [3.8, 4) is 0 Å². The molecule has 0 saturated carbocycles. The number of aromatic nitrogens is 1. The number of oxime groups is 1. The standard InChI is InChI=1S/C13H20N4O2/c1-13(18)5-2-7-17(8-6-13)10-3-4-11(15-9-10)12(14)16-19/h3-4,9,18-19H,2,5-8H2,1H3,(H2,14,16). The summed E-state index contributed by atoms with van der Waals surface area (Å²) in [5, 5.41) is 21.6. The fourth-order valence-corrected chi connectivity index (χ4v) is 2.30. The molecule has 1 aromatic rings. The molecule has 104 valence electrons. The number of hydrogen-bond donors (Lipinski definition) is 3. The van der Waals surface area contributed by atoms with Gasteiger partial charge in [0.1, 0.15) is 5.69 Å². The van der Waals surface area contributed by atoms with Crippen LogP contribution in [0.2, 0.25) is 0 Å². The van der Waals surface area contributed by atoms with Crippen molar-refractivity contribution in [2.75, 3.05) is 18.0 Å². The molecule has 0 bridgehead atoms. The highest BCUT2D eigenvalue weighted by Crippen LogP contribution is 2.24. The van der Waals surface area contributed by atoms with Crippen LogP contribution in [0.15, 0.2) is 23.5 Å². The third-order valence-corrected chi connectivity index (χ3v) is 3.55. The van der Waals surface area contributed by atoms with E-state index in [0.717, 1.165) is 38.0 Å². The Bertz CT molecular complexity index is 456. The van der Waals surface area contributed by atoms with E-state index in [1.165, 1.54) is 0 Å². The average molecular weight is 264 g/mol. The third-order valence-electron chi connectivity index (χ3n) is 3.55. The van der Waals surface area contributed by atoms with Crippen LogP contribution in [0, 0.1) is 0 Å². The van der Waals surface area contributed by atoms with Crippen LogP contribution in [0.3, 0.4) is 0 Å². The maximum absolute atomic E-state index is 10.1. The van der Waals surface area contributed by atoms with Crippen molar-refractivity contribution < 1.29 is 10.3 Å². The van der Waals surface area contributed by atoms with Crippen molar-refractivity contribution in [2.24, 2.45) is 10.9 Å². The first-order chi connectivity index (χ1) is 9.02. The summed E-state index contributed by atoms with van der Waals surface area (Å²) in [7, 11) is 0. The number of anilines is 1. The monoisotopic (exact) mass is 264 g/mol. The summed E-state index contributed by atoms with van der Waals surface area (Å²) in [5.41, 5.74) is 6.35. The molecule has 1 aliphatic rings. The molecule has 1 aromatic heterocycles. The summed E-state index contributed by atoms with van der Waals surface area (Å²) < 4.78 is 0. The summed E-state index contributed by atoms with van der Waals surface area (Å²) in [5.74, 6) is 0.00495. The average Bonchev–Trinajstić information content (AvgIpc) is 2.59. The van der Waals surface area contributed by atoms with Gasteiger partial charge in [0.15, 0.2) is 5.84 Å². The van der Waals surface area contributed by atoms with Crippen molar-refractivity contribution in [1.82, 2.24) is 4.98 Å². The van der Waals surface area contributed by atoms with E-state index in [4.69, 9.17) is 10.9 Å². The number of hydrogen-bond acceptors (Lipinski definition) is 5. The summed E-state index contributed by atoms with van der Waals surface area (Å²) >= 11 is 0. The minimum absolute atomic E-state index is 0.00495. The second-order valence-corrected chi connectivity index (χ2v) is 5.22. The normalized spacial score (nSPS) is 25.2. The van der Waals surface area contributed by atoms with Gasteiger partial charge in [-0.15, -0.1) is 0 Å². The molecule has 19 heavy (non-hydrogen) atoms. The van der Waals surface area contributed by atoms with E-state index in [-0.39, 0.29) is 5.84 Å². The molecular formula is C13H20N4O2. The van der Waals surface area contributed by atoms with Gasteiger partial charge >= 0.3 is 0 Å². The van der Waals surface area contributed by atoms with Gasteiger partial charge < -0.3 is 20.9 Å². The van der Waals surface area contributed by atoms with Gasteiger partial charge in [-0.05, 0) is 38.3 Å². The molecule has 0 spiro atoms. The third kappa shape index (κ3) is 3.35. The van der Waals surface area contributed by atoms with Crippen LogP contribution < -0.4 is 10.6 Å². The number of aliphatic hydroxyl groups is 1. The smallest absolute Gasteiger partial charge is 0.188 e. The number of rotatable bonds is 2. The molecule has 0 amide bonds. The molecule has 2 heterocycles. The lowest BCUT2D eigenvalue weighted by atomic mass is 9.98. The Labute approximate surface area is 112 Å². The predicted octanol–water partition coefficient (Wildman–Crippen LogP) is 0.917. The van der Waals surface area contributed by atoms with Crippen molar-refractivity contribution >= 4 is 11.5 Å². The van der Waals surface area contributed by atoms with Crippen LogP contribution in [0.5, 0.6) is 0 Å². The van der Waals surface area contributed by atoms with E-state index in [1.807, 2.05) is 13.0 Å². The molecule has 0 radical (unpaired) electrons. The van der Waals surface area contributed by atoms with Crippen LogP contribution in [0.25, 0.3) is 0 Å². The lowest BCUT2D eigenvalue weighted by Gasteiger charge is -2.24. The Hall–Kier alpha value is -1.82. The van der Waals surface area contributed by atoms with Gasteiger partial charge in [-0.2, -0.15) is 0 Å². The highest BCUT2D eigenvalue weighted by Gasteiger charge is 2.25. The molecule has 6 heteroatoms. The molecular weight excluding hydrogens is 244 g/mol. The Balaban J connectivity index is 2.10. The van der Waals surface area contributed by atoms with E-state index in [0.29, 0.717) is 5.69 Å². The van der Waals surface area contributed by atoms with E-state index in [1.54, 1.807) is 12.3 Å². The molecule has 0 aliphatic carbocycles. The zero-order chi connectivity index (χ0) is 13.9. The number of nitrogens with zero attached hydrogens (tertiary/aromatic N) is 3. The van der Waals surface area contributed by atoms with Crippen LogP contribution >= 0.6 is 0 Å². The first kappa shape index (κ1) is 13.6. The molecule has 4 N–H and O–H groups in total. The van der Waals surface area contributed by atoms with Gasteiger partial charge in [-0.3, -0.25) is 4.98 Å². The molecule has 1 fully saturated rings. The van der Waals surface area contributed by atoms with Crippen molar-refractivity contribution in [1.29, 1.82) is 0 Å². The van der Waals surface area contributed by atoms with Crippen LogP contribution in [-0.4, -0.2) is 39.8 Å². The van der Waals surface area contributed by atoms with Gasteiger partial charge in [0, 0.05) is 13.1 Å². The van der Waals surface area contributed by atoms with Crippen molar-refractivity contribution in [2.45, 2.75) is 31.8 Å². The van der Waals surface area contributed by atoms with Crippen molar-refractivity contribution in [3.05, 3.63) is 24.0 Å². The summed E-state index contributed by atoms with van der Waals surface area (Å²) in [6.45, 7) is 3.59. The first-order valence-electron chi connectivity index (χ1n) is 6.43. The maximum atomic E-state index is 10.1. The topological polar surface area (TPSA) is 95.0 Å². The van der Waals surface area contributed by atoms with E-state index >= 15 is 0 Å². The zero-order valence-electron chi connectivity index (χ0n) is 11.1. The van der Waals surface area contributed by atoms with E-state index in [9.17, 15) is 5.11 Å². The first-order valence-corrected chi connectivity index (χ1v) is 6.43. The minimum atomic E-state index is -0.573. The van der Waals surface area contributed by atoms with Gasteiger partial charge in [-0.25, -0.2) is 0 Å². The predicted molar refractivity (Wildman–Crippen MR) is 73.4 cm³/mol. The number of pyridine rings is 1. The SMILES string of the molecule is CC1(O)CCCN(c2ccc(/C(N)=N/O)nc2)CC1. The molecule has 1 atom stereocenters. The van der Waals surface area contributed by atoms with Gasteiger partial charge in [0.25, 0.3) is 0 Å².